The minimum absolute atomic E-state index is 0.300. The second-order valence-electron chi connectivity index (χ2n) is 12.0. The minimum atomic E-state index is -1.24. The van der Waals surface area contributed by atoms with Gasteiger partial charge in [0.1, 0.15) is 24.4 Å². The summed E-state index contributed by atoms with van der Waals surface area (Å²) in [5, 5.41) is 12.6. The van der Waals surface area contributed by atoms with Gasteiger partial charge >= 0.3 is 0 Å². The fourth-order valence-electron chi connectivity index (χ4n) is 5.92. The Morgan fingerprint density at radius 1 is 0.532 bits per heavy atom. The molecule has 5 rings (SSSR count). The number of aliphatic hydroxyl groups is 1. The molecule has 250 valence electrons. The van der Waals surface area contributed by atoms with Crippen LogP contribution in [0.3, 0.4) is 0 Å². The van der Waals surface area contributed by atoms with E-state index in [2.05, 4.69) is 28.1 Å². The molecule has 1 fully saturated rings. The predicted octanol–water partition coefficient (Wildman–Crippen LogP) is 8.39. The van der Waals surface area contributed by atoms with E-state index in [1.165, 1.54) is 0 Å². The summed E-state index contributed by atoms with van der Waals surface area (Å²) in [4.78, 5) is 0. The number of hydrogen-bond donors (Lipinski definition) is 1. The number of benzene rings is 4. The molecule has 1 N–H and O–H groups in total. The smallest absolute Gasteiger partial charge is 0.184 e. The fourth-order valence-corrected chi connectivity index (χ4v) is 6.32. The summed E-state index contributed by atoms with van der Waals surface area (Å²) in [6.07, 6.45) is 0.914. The molecule has 0 radical (unpaired) electrons. The Morgan fingerprint density at radius 3 is 1.45 bits per heavy atom. The van der Waals surface area contributed by atoms with Gasteiger partial charge in [0.25, 0.3) is 0 Å². The molecular weight excluding hydrogens is 656 g/mol. The lowest BCUT2D eigenvalue weighted by molar-refractivity contribution is -0.327. The molecular formula is C40H47BrO6. The Morgan fingerprint density at radius 2 is 0.957 bits per heavy atom. The summed E-state index contributed by atoms with van der Waals surface area (Å²) in [6, 6.07) is 40.2. The summed E-state index contributed by atoms with van der Waals surface area (Å²) >= 11 is 3.55. The van der Waals surface area contributed by atoms with Crippen molar-refractivity contribution in [1.82, 2.24) is 0 Å². The van der Waals surface area contributed by atoms with Gasteiger partial charge < -0.3 is 28.8 Å². The van der Waals surface area contributed by atoms with Gasteiger partial charge in [-0.2, -0.15) is 0 Å². The first kappa shape index (κ1) is 35.4. The molecule has 0 spiro atoms. The highest BCUT2D eigenvalue weighted by Crippen LogP contribution is 2.33. The van der Waals surface area contributed by atoms with E-state index < -0.39 is 30.7 Å². The molecule has 1 heterocycles. The highest BCUT2D eigenvalue weighted by molar-refractivity contribution is 9.09. The third-order valence-electron chi connectivity index (χ3n) is 8.45. The molecule has 4 aromatic carbocycles. The van der Waals surface area contributed by atoms with Crippen LogP contribution in [0.15, 0.2) is 121 Å². The molecule has 0 saturated carbocycles. The molecule has 0 bridgehead atoms. The molecule has 1 unspecified atom stereocenters. The zero-order chi connectivity index (χ0) is 32.5. The number of unbranched alkanes of at least 4 members (excludes halogenated alkanes) is 3. The van der Waals surface area contributed by atoms with E-state index in [9.17, 15) is 5.11 Å². The van der Waals surface area contributed by atoms with E-state index in [0.717, 1.165) is 59.7 Å². The average Bonchev–Trinajstić information content (AvgIpc) is 3.12. The number of hydrogen-bond acceptors (Lipinski definition) is 6. The maximum atomic E-state index is 11.6. The van der Waals surface area contributed by atoms with Gasteiger partial charge in [0.15, 0.2) is 6.29 Å². The lowest BCUT2D eigenvalue weighted by Gasteiger charge is -2.46. The van der Waals surface area contributed by atoms with Gasteiger partial charge in [0, 0.05) is 5.33 Å². The quantitative estimate of drug-likeness (QED) is 0.0782. The second kappa shape index (κ2) is 19.8. The molecule has 1 aliphatic rings. The van der Waals surface area contributed by atoms with Crippen LogP contribution in [-0.2, 0) is 50.1 Å². The van der Waals surface area contributed by atoms with Crippen molar-refractivity contribution < 1.29 is 28.8 Å². The second-order valence-corrected chi connectivity index (χ2v) is 12.8. The maximum absolute atomic E-state index is 11.6. The van der Waals surface area contributed by atoms with E-state index in [0.29, 0.717) is 26.4 Å². The van der Waals surface area contributed by atoms with Gasteiger partial charge in [-0.15, -0.1) is 0 Å². The van der Waals surface area contributed by atoms with Crippen LogP contribution >= 0.6 is 15.9 Å². The monoisotopic (exact) mass is 702 g/mol. The number of alkyl halides is 1. The lowest BCUT2D eigenvalue weighted by atomic mass is 9.91. The molecule has 47 heavy (non-hydrogen) atoms. The van der Waals surface area contributed by atoms with Crippen molar-refractivity contribution in [2.45, 2.75) is 95.3 Å². The first-order chi connectivity index (χ1) is 23.2. The normalized spacial score (nSPS) is 21.8. The van der Waals surface area contributed by atoms with Gasteiger partial charge in [-0.05, 0) is 35.1 Å². The third kappa shape index (κ3) is 11.4. The van der Waals surface area contributed by atoms with Gasteiger partial charge in [-0.3, -0.25) is 0 Å². The van der Waals surface area contributed by atoms with Gasteiger partial charge in [0.2, 0.25) is 0 Å². The summed E-state index contributed by atoms with van der Waals surface area (Å²) in [7, 11) is 0. The van der Waals surface area contributed by atoms with Gasteiger partial charge in [-0.25, -0.2) is 0 Å². The molecule has 6 atom stereocenters. The van der Waals surface area contributed by atoms with Crippen LogP contribution in [-0.4, -0.2) is 47.2 Å². The largest absolute Gasteiger partial charge is 0.371 e. The van der Waals surface area contributed by atoms with Crippen LogP contribution in [0.2, 0.25) is 0 Å². The van der Waals surface area contributed by atoms with Gasteiger partial charge in [0.05, 0.1) is 32.5 Å². The summed E-state index contributed by atoms with van der Waals surface area (Å²) < 4.78 is 33.0. The molecule has 6 nitrogen and oxygen atoms in total. The van der Waals surface area contributed by atoms with Crippen molar-refractivity contribution in [3.05, 3.63) is 144 Å². The third-order valence-corrected chi connectivity index (χ3v) is 9.01. The molecule has 0 aliphatic carbocycles. The van der Waals surface area contributed by atoms with Crippen molar-refractivity contribution >= 4 is 15.9 Å². The standard InChI is InChI=1S/C40H47BrO6/c41-26-16-2-1-15-25-35(43-27-31-17-7-3-8-18-31)36-37(44-28-32-19-9-4-10-20-32)38(45-29-33-21-11-5-12-22-33)39(40(42)47-36)46-30-34-23-13-6-14-24-34/h3-14,17-24,35-40,42H,1-2,15-16,25-30H2/t35?,36-,37-,38+,39-,40-/m1/s1. The number of rotatable bonds is 19. The SMILES string of the molecule is O[C@@H]1O[C@H](C(CCCCCCBr)OCc2ccccc2)[C@@H](OCc2ccccc2)[C@H](OCc2ccccc2)[C@H]1OCc1ccccc1. The van der Waals surface area contributed by atoms with Gasteiger partial charge in [-0.1, -0.05) is 157 Å². The summed E-state index contributed by atoms with van der Waals surface area (Å²) in [5.41, 5.74) is 4.14. The first-order valence-corrected chi connectivity index (χ1v) is 17.8. The summed E-state index contributed by atoms with van der Waals surface area (Å²) in [5.74, 6) is 0. The molecule has 0 aromatic heterocycles. The fraction of sp³-hybridized carbons (Fsp3) is 0.400. The average molecular weight is 704 g/mol. The maximum Gasteiger partial charge on any atom is 0.184 e. The van der Waals surface area contributed by atoms with Crippen molar-refractivity contribution in [1.29, 1.82) is 0 Å². The minimum Gasteiger partial charge on any atom is -0.371 e. The Labute approximate surface area is 288 Å². The van der Waals surface area contributed by atoms with Crippen molar-refractivity contribution in [3.63, 3.8) is 0 Å². The molecule has 1 saturated heterocycles. The number of halogens is 1. The summed E-state index contributed by atoms with van der Waals surface area (Å²) in [6.45, 7) is 1.42. The van der Waals surface area contributed by atoms with Crippen LogP contribution in [0.5, 0.6) is 0 Å². The molecule has 7 heteroatoms. The van der Waals surface area contributed by atoms with E-state index >= 15 is 0 Å². The zero-order valence-corrected chi connectivity index (χ0v) is 28.5. The van der Waals surface area contributed by atoms with Crippen LogP contribution in [0.1, 0.15) is 54.4 Å². The van der Waals surface area contributed by atoms with Crippen molar-refractivity contribution in [2.75, 3.05) is 5.33 Å². The Bertz CT molecular complexity index is 1380. The van der Waals surface area contributed by atoms with Crippen LogP contribution < -0.4 is 0 Å². The highest BCUT2D eigenvalue weighted by Gasteiger charge is 2.50. The van der Waals surface area contributed by atoms with E-state index in [4.69, 9.17) is 23.7 Å². The Kier molecular flexibility index (Phi) is 14.9. The molecule has 0 amide bonds. The predicted molar refractivity (Wildman–Crippen MR) is 188 cm³/mol. The van der Waals surface area contributed by atoms with Crippen LogP contribution in [0.25, 0.3) is 0 Å². The topological polar surface area (TPSA) is 66.4 Å². The van der Waals surface area contributed by atoms with Crippen molar-refractivity contribution in [2.24, 2.45) is 0 Å². The van der Waals surface area contributed by atoms with Crippen LogP contribution in [0, 0.1) is 0 Å². The first-order valence-electron chi connectivity index (χ1n) is 16.7. The molecule has 1 aliphatic heterocycles. The lowest BCUT2D eigenvalue weighted by Crippen LogP contribution is -2.63. The number of ether oxygens (including phenoxy) is 5. The van der Waals surface area contributed by atoms with E-state index in [1.807, 2.05) is 109 Å². The Hall–Kier alpha value is -2.88. The van der Waals surface area contributed by atoms with E-state index in [-0.39, 0.29) is 6.10 Å². The van der Waals surface area contributed by atoms with E-state index in [1.54, 1.807) is 0 Å². The zero-order valence-electron chi connectivity index (χ0n) is 26.9. The van der Waals surface area contributed by atoms with Crippen molar-refractivity contribution in [3.8, 4) is 0 Å². The Balaban J connectivity index is 1.43. The number of aliphatic hydroxyl groups excluding tert-OH is 1. The van der Waals surface area contributed by atoms with Crippen LogP contribution in [0.4, 0.5) is 0 Å². The highest BCUT2D eigenvalue weighted by atomic mass is 79.9. The molecule has 4 aromatic rings.